The summed E-state index contributed by atoms with van der Waals surface area (Å²) in [6.07, 6.45) is 7.43. The van der Waals surface area contributed by atoms with Crippen molar-refractivity contribution in [2.45, 2.75) is 75.0 Å². The van der Waals surface area contributed by atoms with E-state index in [1.54, 1.807) is 17.8 Å². The molecule has 0 spiro atoms. The monoisotopic (exact) mass is 532 g/mol. The minimum atomic E-state index is -0.219. The second-order valence-corrected chi connectivity index (χ2v) is 10.5. The summed E-state index contributed by atoms with van der Waals surface area (Å²) in [6.45, 7) is 5.46. The molecule has 0 bridgehead atoms. The van der Waals surface area contributed by atoms with Crippen molar-refractivity contribution in [2.24, 2.45) is 0 Å². The average Bonchev–Trinajstić information content (AvgIpc) is 2.92. The fourth-order valence-electron chi connectivity index (χ4n) is 4.12. The first-order chi connectivity index (χ1) is 18.6. The van der Waals surface area contributed by atoms with E-state index in [0.29, 0.717) is 25.3 Å². The van der Waals surface area contributed by atoms with Gasteiger partial charge in [-0.25, -0.2) is 4.79 Å². The standard InChI is InChI=1S/C32H40N2O3S/c1-3-5-6-10-22-33-32(36)34(23-13-17-26-15-8-7-9-16-26)27-18-11-20-29(24-27)38-30-21-12-19-28(25-30)37-31(35)14-4-2/h7-9,11-12,15-16,18-21,24-25H,3-6,10,13-14,17,22-23H2,1-2H3,(H,33,36). The Balaban J connectivity index is 1.70. The summed E-state index contributed by atoms with van der Waals surface area (Å²) in [5, 5.41) is 3.13. The number of urea groups is 1. The number of nitrogens with one attached hydrogen (secondary N) is 1. The minimum Gasteiger partial charge on any atom is -0.426 e. The zero-order valence-corrected chi connectivity index (χ0v) is 23.5. The molecule has 0 aliphatic heterocycles. The number of benzene rings is 3. The van der Waals surface area contributed by atoms with E-state index in [1.807, 2.05) is 54.3 Å². The number of carbonyl (C=O) groups is 2. The maximum Gasteiger partial charge on any atom is 0.321 e. The molecule has 0 unspecified atom stereocenters. The summed E-state index contributed by atoms with van der Waals surface area (Å²) in [7, 11) is 0. The van der Waals surface area contributed by atoms with Crippen LogP contribution >= 0.6 is 11.8 Å². The highest BCUT2D eigenvalue weighted by atomic mass is 32.2. The third kappa shape index (κ3) is 10.3. The molecule has 0 atom stereocenters. The van der Waals surface area contributed by atoms with Gasteiger partial charge >= 0.3 is 12.0 Å². The predicted molar refractivity (Wildman–Crippen MR) is 157 cm³/mol. The third-order valence-electron chi connectivity index (χ3n) is 6.10. The van der Waals surface area contributed by atoms with Crippen molar-refractivity contribution in [3.05, 3.63) is 84.4 Å². The number of nitrogens with zero attached hydrogens (tertiary/aromatic N) is 1. The molecule has 0 fully saturated rings. The SMILES string of the molecule is CCCCCCNC(=O)N(CCCc1ccccc1)c1cccc(Sc2cccc(OC(=O)CCC)c2)c1. The lowest BCUT2D eigenvalue weighted by molar-refractivity contribution is -0.134. The van der Waals surface area contributed by atoms with Gasteiger partial charge in [0.05, 0.1) is 0 Å². The van der Waals surface area contributed by atoms with Crippen LogP contribution in [0.1, 0.15) is 64.4 Å². The van der Waals surface area contributed by atoms with Crippen molar-refractivity contribution in [1.29, 1.82) is 0 Å². The molecule has 3 aromatic rings. The van der Waals surface area contributed by atoms with Gasteiger partial charge in [0.25, 0.3) is 0 Å². The number of unbranched alkanes of at least 4 members (excludes halogenated alkanes) is 3. The Labute approximate surface area is 232 Å². The van der Waals surface area contributed by atoms with E-state index >= 15 is 0 Å². The Morgan fingerprint density at radius 1 is 0.816 bits per heavy atom. The second-order valence-electron chi connectivity index (χ2n) is 9.33. The van der Waals surface area contributed by atoms with Gasteiger partial charge < -0.3 is 10.1 Å². The average molecular weight is 533 g/mol. The first-order valence-corrected chi connectivity index (χ1v) is 14.6. The molecule has 6 heteroatoms. The molecule has 0 heterocycles. The molecule has 3 rings (SSSR count). The zero-order chi connectivity index (χ0) is 27.0. The summed E-state index contributed by atoms with van der Waals surface area (Å²) in [4.78, 5) is 29.0. The predicted octanol–water partition coefficient (Wildman–Crippen LogP) is 8.27. The number of esters is 1. The minimum absolute atomic E-state index is 0.0541. The van der Waals surface area contributed by atoms with Crippen LogP contribution in [0.25, 0.3) is 0 Å². The molecule has 0 saturated carbocycles. The first-order valence-electron chi connectivity index (χ1n) is 13.8. The molecule has 38 heavy (non-hydrogen) atoms. The number of rotatable bonds is 15. The van der Waals surface area contributed by atoms with Gasteiger partial charge in [-0.2, -0.15) is 0 Å². The Hall–Kier alpha value is -3.25. The van der Waals surface area contributed by atoms with Gasteiger partial charge in [-0.3, -0.25) is 9.69 Å². The van der Waals surface area contributed by atoms with Gasteiger partial charge in [0, 0.05) is 35.0 Å². The van der Waals surface area contributed by atoms with Crippen molar-refractivity contribution in [3.63, 3.8) is 0 Å². The summed E-state index contributed by atoms with van der Waals surface area (Å²) in [5.74, 6) is 0.332. The summed E-state index contributed by atoms with van der Waals surface area (Å²) in [5.41, 5.74) is 2.15. The lowest BCUT2D eigenvalue weighted by atomic mass is 10.1. The van der Waals surface area contributed by atoms with E-state index in [4.69, 9.17) is 4.74 Å². The van der Waals surface area contributed by atoms with Gasteiger partial charge in [0.15, 0.2) is 0 Å². The number of hydrogen-bond donors (Lipinski definition) is 1. The van der Waals surface area contributed by atoms with Crippen LogP contribution in [-0.4, -0.2) is 25.1 Å². The Bertz CT molecular complexity index is 1140. The Morgan fingerprint density at radius 3 is 2.34 bits per heavy atom. The quantitative estimate of drug-likeness (QED) is 0.122. The Morgan fingerprint density at radius 2 is 1.58 bits per heavy atom. The number of amides is 2. The van der Waals surface area contributed by atoms with Crippen LogP contribution in [-0.2, 0) is 11.2 Å². The smallest absolute Gasteiger partial charge is 0.321 e. The molecule has 5 nitrogen and oxygen atoms in total. The van der Waals surface area contributed by atoms with Gasteiger partial charge in [-0.15, -0.1) is 0 Å². The van der Waals surface area contributed by atoms with E-state index in [2.05, 4.69) is 42.6 Å². The van der Waals surface area contributed by atoms with Gasteiger partial charge in [-0.1, -0.05) is 87.3 Å². The maximum atomic E-state index is 13.2. The van der Waals surface area contributed by atoms with Crippen molar-refractivity contribution >= 4 is 29.4 Å². The van der Waals surface area contributed by atoms with Crippen molar-refractivity contribution in [3.8, 4) is 5.75 Å². The van der Waals surface area contributed by atoms with E-state index in [9.17, 15) is 9.59 Å². The molecule has 0 aliphatic rings. The zero-order valence-electron chi connectivity index (χ0n) is 22.7. The summed E-state index contributed by atoms with van der Waals surface area (Å²) in [6, 6.07) is 26.0. The molecular formula is C32H40N2O3S. The van der Waals surface area contributed by atoms with Crippen LogP contribution in [0.3, 0.4) is 0 Å². The molecule has 3 aromatic carbocycles. The molecule has 0 radical (unpaired) electrons. The second kappa shape index (κ2) is 16.6. The molecule has 2 amide bonds. The normalized spacial score (nSPS) is 10.7. The molecule has 1 N–H and O–H groups in total. The van der Waals surface area contributed by atoms with Crippen molar-refractivity contribution in [1.82, 2.24) is 5.32 Å². The summed E-state index contributed by atoms with van der Waals surface area (Å²) >= 11 is 1.58. The van der Waals surface area contributed by atoms with E-state index in [1.165, 1.54) is 18.4 Å². The van der Waals surface area contributed by atoms with Crippen molar-refractivity contribution in [2.75, 3.05) is 18.0 Å². The molecule has 0 saturated heterocycles. The number of hydrogen-bond acceptors (Lipinski definition) is 4. The molecular weight excluding hydrogens is 492 g/mol. The van der Waals surface area contributed by atoms with Gasteiger partial charge in [0.2, 0.25) is 0 Å². The van der Waals surface area contributed by atoms with Crippen LogP contribution in [0, 0.1) is 0 Å². The molecule has 202 valence electrons. The lowest BCUT2D eigenvalue weighted by Crippen LogP contribution is -2.41. The van der Waals surface area contributed by atoms with E-state index in [0.717, 1.165) is 47.6 Å². The van der Waals surface area contributed by atoms with Crippen LogP contribution in [0.2, 0.25) is 0 Å². The molecule has 0 aromatic heterocycles. The Kier molecular flexibility index (Phi) is 12.8. The lowest BCUT2D eigenvalue weighted by Gasteiger charge is -2.24. The third-order valence-corrected chi connectivity index (χ3v) is 7.08. The van der Waals surface area contributed by atoms with Crippen molar-refractivity contribution < 1.29 is 14.3 Å². The number of carbonyl (C=O) groups excluding carboxylic acids is 2. The maximum absolute atomic E-state index is 13.2. The molecule has 0 aliphatic carbocycles. The topological polar surface area (TPSA) is 58.6 Å². The number of aryl methyl sites for hydroxylation is 1. The fraction of sp³-hybridized carbons (Fsp3) is 0.375. The van der Waals surface area contributed by atoms with Gasteiger partial charge in [-0.05, 0) is 67.6 Å². The van der Waals surface area contributed by atoms with E-state index in [-0.39, 0.29) is 12.0 Å². The fourth-order valence-corrected chi connectivity index (χ4v) is 5.04. The first kappa shape index (κ1) is 29.3. The van der Waals surface area contributed by atoms with E-state index < -0.39 is 0 Å². The highest BCUT2D eigenvalue weighted by molar-refractivity contribution is 7.99. The number of anilines is 1. The summed E-state index contributed by atoms with van der Waals surface area (Å²) < 4.78 is 5.46. The van der Waals surface area contributed by atoms with Crippen LogP contribution in [0.5, 0.6) is 5.75 Å². The highest BCUT2D eigenvalue weighted by Gasteiger charge is 2.16. The number of ether oxygens (including phenoxy) is 1. The van der Waals surface area contributed by atoms with Crippen LogP contribution in [0.4, 0.5) is 10.5 Å². The highest BCUT2D eigenvalue weighted by Crippen LogP contribution is 2.32. The largest absolute Gasteiger partial charge is 0.426 e. The van der Waals surface area contributed by atoms with Crippen LogP contribution < -0.4 is 15.0 Å². The van der Waals surface area contributed by atoms with Gasteiger partial charge in [0.1, 0.15) is 5.75 Å². The van der Waals surface area contributed by atoms with Crippen LogP contribution in [0.15, 0.2) is 88.7 Å².